The lowest BCUT2D eigenvalue weighted by Gasteiger charge is -2.26. The predicted molar refractivity (Wildman–Crippen MR) is 72.2 cm³/mol. The minimum atomic E-state index is -0.221. The minimum Gasteiger partial charge on any atom is -0.392 e. The topological polar surface area (TPSA) is 23.5 Å². The average molecular weight is 251 g/mol. The fourth-order valence-corrected chi connectivity index (χ4v) is 2.69. The molecule has 0 aliphatic carbocycles. The van der Waals surface area contributed by atoms with E-state index in [-0.39, 0.29) is 12.4 Å². The molecule has 0 bridgehead atoms. The maximum absolute atomic E-state index is 14.0. The van der Waals surface area contributed by atoms with Gasteiger partial charge in [0.1, 0.15) is 5.82 Å². The molecule has 18 heavy (non-hydrogen) atoms. The summed E-state index contributed by atoms with van der Waals surface area (Å²) in [5.74, 6) is -0.221. The van der Waals surface area contributed by atoms with E-state index in [1.165, 1.54) is 12.5 Å². The molecule has 0 unspecified atom stereocenters. The molecule has 0 spiro atoms. The van der Waals surface area contributed by atoms with Gasteiger partial charge in [0, 0.05) is 18.7 Å². The molecule has 0 radical (unpaired) electrons. The third-order valence-electron chi connectivity index (χ3n) is 3.90. The molecule has 3 heteroatoms. The number of hydrogen-bond donors (Lipinski definition) is 1. The van der Waals surface area contributed by atoms with Gasteiger partial charge in [-0.15, -0.1) is 0 Å². The van der Waals surface area contributed by atoms with E-state index in [2.05, 4.69) is 18.7 Å². The summed E-state index contributed by atoms with van der Waals surface area (Å²) in [5.41, 5.74) is 1.62. The Morgan fingerprint density at radius 1 is 1.28 bits per heavy atom. The minimum absolute atomic E-state index is 0.104. The fourth-order valence-electron chi connectivity index (χ4n) is 2.69. The lowest BCUT2D eigenvalue weighted by Crippen LogP contribution is -2.27. The van der Waals surface area contributed by atoms with Crippen LogP contribution in [0.1, 0.15) is 38.7 Å². The summed E-state index contributed by atoms with van der Waals surface area (Å²) >= 11 is 0. The first-order chi connectivity index (χ1) is 8.53. The number of halogens is 1. The van der Waals surface area contributed by atoms with Gasteiger partial charge in [-0.2, -0.15) is 0 Å². The Labute approximate surface area is 108 Å². The van der Waals surface area contributed by atoms with Crippen LogP contribution in [0, 0.1) is 11.2 Å². The SMILES string of the molecule is CC1(C)CCCN(c2c(F)cccc2CO)CC1. The van der Waals surface area contributed by atoms with Crippen LogP contribution in [0.5, 0.6) is 0 Å². The monoisotopic (exact) mass is 251 g/mol. The second kappa shape index (κ2) is 5.27. The molecule has 2 nitrogen and oxygen atoms in total. The Hall–Kier alpha value is -1.09. The number of anilines is 1. The first kappa shape index (κ1) is 13.3. The number of para-hydroxylation sites is 1. The Morgan fingerprint density at radius 3 is 2.78 bits per heavy atom. The van der Waals surface area contributed by atoms with Gasteiger partial charge in [-0.1, -0.05) is 26.0 Å². The van der Waals surface area contributed by atoms with Gasteiger partial charge in [0.2, 0.25) is 0 Å². The van der Waals surface area contributed by atoms with E-state index >= 15 is 0 Å². The summed E-state index contributed by atoms with van der Waals surface area (Å²) in [6, 6.07) is 4.94. The largest absolute Gasteiger partial charge is 0.392 e. The van der Waals surface area contributed by atoms with E-state index in [1.54, 1.807) is 12.1 Å². The van der Waals surface area contributed by atoms with Crippen LogP contribution in [-0.2, 0) is 6.61 Å². The van der Waals surface area contributed by atoms with Gasteiger partial charge >= 0.3 is 0 Å². The Morgan fingerprint density at radius 2 is 2.06 bits per heavy atom. The van der Waals surface area contributed by atoms with Gasteiger partial charge in [0.05, 0.1) is 12.3 Å². The normalized spacial score (nSPS) is 19.7. The van der Waals surface area contributed by atoms with Gasteiger partial charge in [0.15, 0.2) is 0 Å². The van der Waals surface area contributed by atoms with Crippen LogP contribution in [0.2, 0.25) is 0 Å². The van der Waals surface area contributed by atoms with Crippen molar-refractivity contribution in [2.75, 3.05) is 18.0 Å². The fraction of sp³-hybridized carbons (Fsp3) is 0.600. The summed E-state index contributed by atoms with van der Waals surface area (Å²) in [7, 11) is 0. The molecule has 100 valence electrons. The summed E-state index contributed by atoms with van der Waals surface area (Å²) in [4.78, 5) is 2.09. The van der Waals surface area contributed by atoms with Crippen LogP contribution in [0.3, 0.4) is 0 Å². The van der Waals surface area contributed by atoms with Gasteiger partial charge in [-0.25, -0.2) is 4.39 Å². The predicted octanol–water partition coefficient (Wildman–Crippen LogP) is 3.33. The van der Waals surface area contributed by atoms with Crippen molar-refractivity contribution < 1.29 is 9.50 Å². The molecule has 1 N–H and O–H groups in total. The Bertz CT molecular complexity index is 417. The maximum Gasteiger partial charge on any atom is 0.146 e. The first-order valence-electron chi connectivity index (χ1n) is 6.67. The molecule has 0 aromatic heterocycles. The van der Waals surface area contributed by atoms with Gasteiger partial charge in [-0.05, 0) is 30.7 Å². The van der Waals surface area contributed by atoms with Crippen molar-refractivity contribution in [1.82, 2.24) is 0 Å². The molecule has 0 amide bonds. The zero-order chi connectivity index (χ0) is 13.2. The van der Waals surface area contributed by atoms with Gasteiger partial charge < -0.3 is 10.0 Å². The molecule has 1 aliphatic heterocycles. The lowest BCUT2D eigenvalue weighted by molar-refractivity contribution is 0.281. The number of benzene rings is 1. The molecule has 0 saturated carbocycles. The molecule has 1 fully saturated rings. The van der Waals surface area contributed by atoms with Crippen molar-refractivity contribution in [3.05, 3.63) is 29.6 Å². The standard InChI is InChI=1S/C15H22FNO/c1-15(2)7-4-9-17(10-8-15)14-12(11-18)5-3-6-13(14)16/h3,5-6,18H,4,7-11H2,1-2H3. The molecule has 1 saturated heterocycles. The van der Waals surface area contributed by atoms with Crippen LogP contribution in [0.25, 0.3) is 0 Å². The number of aliphatic hydroxyl groups is 1. The molecule has 1 aliphatic rings. The number of hydrogen-bond acceptors (Lipinski definition) is 2. The van der Waals surface area contributed by atoms with E-state index in [9.17, 15) is 9.50 Å². The van der Waals surface area contributed by atoms with Crippen molar-refractivity contribution in [2.45, 2.75) is 39.7 Å². The van der Waals surface area contributed by atoms with Crippen LogP contribution < -0.4 is 4.90 Å². The molecule has 1 aromatic carbocycles. The average Bonchev–Trinajstić information content (AvgIpc) is 2.50. The van der Waals surface area contributed by atoms with Crippen LogP contribution >= 0.6 is 0 Å². The third-order valence-corrected chi connectivity index (χ3v) is 3.90. The number of aliphatic hydroxyl groups excluding tert-OH is 1. The first-order valence-corrected chi connectivity index (χ1v) is 6.67. The van der Waals surface area contributed by atoms with Crippen molar-refractivity contribution in [2.24, 2.45) is 5.41 Å². The zero-order valence-electron chi connectivity index (χ0n) is 11.2. The van der Waals surface area contributed by atoms with Crippen molar-refractivity contribution in [3.8, 4) is 0 Å². The molecule has 2 rings (SSSR count). The molecule has 1 aromatic rings. The van der Waals surface area contributed by atoms with E-state index in [0.29, 0.717) is 16.7 Å². The molecule has 0 atom stereocenters. The van der Waals surface area contributed by atoms with Gasteiger partial charge in [0.25, 0.3) is 0 Å². The summed E-state index contributed by atoms with van der Waals surface area (Å²) in [6.45, 7) is 6.17. The zero-order valence-corrected chi connectivity index (χ0v) is 11.2. The summed E-state index contributed by atoms with van der Waals surface area (Å²) in [5, 5.41) is 9.35. The number of rotatable bonds is 2. The molecular weight excluding hydrogens is 229 g/mol. The summed E-state index contributed by atoms with van der Waals surface area (Å²) in [6.07, 6.45) is 3.31. The summed E-state index contributed by atoms with van der Waals surface area (Å²) < 4.78 is 14.0. The van der Waals surface area contributed by atoms with Gasteiger partial charge in [-0.3, -0.25) is 0 Å². The maximum atomic E-state index is 14.0. The van der Waals surface area contributed by atoms with E-state index < -0.39 is 0 Å². The highest BCUT2D eigenvalue weighted by Crippen LogP contribution is 2.33. The smallest absolute Gasteiger partial charge is 0.146 e. The molecular formula is C15H22FNO. The third kappa shape index (κ3) is 2.83. The van der Waals surface area contributed by atoms with Crippen molar-refractivity contribution in [3.63, 3.8) is 0 Å². The second-order valence-electron chi connectivity index (χ2n) is 5.91. The highest BCUT2D eigenvalue weighted by Gasteiger charge is 2.25. The van der Waals surface area contributed by atoms with Crippen LogP contribution in [0.15, 0.2) is 18.2 Å². The Kier molecular flexibility index (Phi) is 3.91. The van der Waals surface area contributed by atoms with Crippen LogP contribution in [0.4, 0.5) is 10.1 Å². The van der Waals surface area contributed by atoms with E-state index in [4.69, 9.17) is 0 Å². The highest BCUT2D eigenvalue weighted by atomic mass is 19.1. The second-order valence-corrected chi connectivity index (χ2v) is 5.91. The van der Waals surface area contributed by atoms with E-state index in [1.807, 2.05) is 0 Å². The quantitative estimate of drug-likeness (QED) is 0.871. The van der Waals surface area contributed by atoms with Crippen LogP contribution in [-0.4, -0.2) is 18.2 Å². The highest BCUT2D eigenvalue weighted by molar-refractivity contribution is 5.54. The Balaban J connectivity index is 2.26. The molecule has 1 heterocycles. The lowest BCUT2D eigenvalue weighted by atomic mass is 9.85. The van der Waals surface area contributed by atoms with Crippen molar-refractivity contribution in [1.29, 1.82) is 0 Å². The van der Waals surface area contributed by atoms with Crippen molar-refractivity contribution >= 4 is 5.69 Å². The number of nitrogens with zero attached hydrogens (tertiary/aromatic N) is 1. The van der Waals surface area contributed by atoms with E-state index in [0.717, 1.165) is 25.9 Å².